The Morgan fingerprint density at radius 3 is 2.53 bits per heavy atom. The monoisotopic (exact) mass is 212 g/mol. The van der Waals surface area contributed by atoms with E-state index >= 15 is 0 Å². The molecule has 5 heteroatoms. The molecule has 0 saturated heterocycles. The number of carbonyl (C=O) groups is 1. The molecule has 0 spiro atoms. The fourth-order valence-electron chi connectivity index (χ4n) is 1.09. The van der Waals surface area contributed by atoms with Gasteiger partial charge in [0.1, 0.15) is 5.82 Å². The van der Waals surface area contributed by atoms with Crippen molar-refractivity contribution in [3.05, 3.63) is 35.6 Å². The van der Waals surface area contributed by atoms with Crippen LogP contribution < -0.4 is 10.6 Å². The molecule has 4 nitrogen and oxygen atoms in total. The molecule has 0 bridgehead atoms. The lowest BCUT2D eigenvalue weighted by Gasteiger charge is -2.04. The Labute approximate surface area is 87.1 Å². The van der Waals surface area contributed by atoms with Crippen LogP contribution in [0, 0.1) is 5.82 Å². The zero-order chi connectivity index (χ0) is 11.1. The summed E-state index contributed by atoms with van der Waals surface area (Å²) in [5.41, 5.74) is 0.965. The van der Waals surface area contributed by atoms with Crippen LogP contribution in [0.15, 0.2) is 24.3 Å². The Morgan fingerprint density at radius 2 is 1.93 bits per heavy atom. The lowest BCUT2D eigenvalue weighted by atomic mass is 10.2. The fourth-order valence-corrected chi connectivity index (χ4v) is 1.09. The van der Waals surface area contributed by atoms with Gasteiger partial charge in [-0.05, 0) is 17.7 Å². The number of rotatable bonds is 5. The topological polar surface area (TPSA) is 61.4 Å². The summed E-state index contributed by atoms with van der Waals surface area (Å²) < 4.78 is 12.5. The van der Waals surface area contributed by atoms with E-state index in [1.54, 1.807) is 12.1 Å². The molecule has 0 fully saturated rings. The van der Waals surface area contributed by atoms with Gasteiger partial charge in [0, 0.05) is 19.6 Å². The van der Waals surface area contributed by atoms with Gasteiger partial charge in [-0.2, -0.15) is 0 Å². The highest BCUT2D eigenvalue weighted by molar-refractivity contribution is 5.64. The van der Waals surface area contributed by atoms with Crippen LogP contribution in [0.1, 0.15) is 5.56 Å². The molecular formula is C10H13FN2O2. The predicted molar refractivity (Wildman–Crippen MR) is 54.1 cm³/mol. The van der Waals surface area contributed by atoms with Crippen molar-refractivity contribution < 1.29 is 14.3 Å². The van der Waals surface area contributed by atoms with E-state index in [2.05, 4.69) is 10.6 Å². The second-order valence-electron chi connectivity index (χ2n) is 3.04. The maximum Gasteiger partial charge on any atom is 0.404 e. The highest BCUT2D eigenvalue weighted by Crippen LogP contribution is 2.01. The third kappa shape index (κ3) is 4.97. The molecule has 1 rings (SSSR count). The Balaban J connectivity index is 2.15. The minimum atomic E-state index is -1.03. The number of benzene rings is 1. The van der Waals surface area contributed by atoms with E-state index in [9.17, 15) is 9.18 Å². The molecule has 1 amide bonds. The number of nitrogens with one attached hydrogen (secondary N) is 2. The van der Waals surface area contributed by atoms with E-state index in [1.165, 1.54) is 12.1 Å². The second kappa shape index (κ2) is 5.98. The van der Waals surface area contributed by atoms with Crippen molar-refractivity contribution in [3.63, 3.8) is 0 Å². The van der Waals surface area contributed by atoms with Gasteiger partial charge in [-0.15, -0.1) is 0 Å². The quantitative estimate of drug-likeness (QED) is 0.642. The van der Waals surface area contributed by atoms with Crippen molar-refractivity contribution in [1.29, 1.82) is 0 Å². The molecule has 0 aliphatic heterocycles. The summed E-state index contributed by atoms with van der Waals surface area (Å²) in [6, 6.07) is 6.17. The van der Waals surface area contributed by atoms with Crippen molar-refractivity contribution >= 4 is 6.09 Å². The van der Waals surface area contributed by atoms with Crippen molar-refractivity contribution in [3.8, 4) is 0 Å². The lowest BCUT2D eigenvalue weighted by molar-refractivity contribution is 0.194. The fraction of sp³-hybridized carbons (Fsp3) is 0.300. The molecule has 82 valence electrons. The van der Waals surface area contributed by atoms with Gasteiger partial charge in [0.05, 0.1) is 0 Å². The maximum absolute atomic E-state index is 12.5. The molecule has 15 heavy (non-hydrogen) atoms. The average molecular weight is 212 g/mol. The highest BCUT2D eigenvalue weighted by atomic mass is 19.1. The number of carboxylic acid groups (broad SMARTS) is 1. The van der Waals surface area contributed by atoms with Crippen LogP contribution >= 0.6 is 0 Å². The van der Waals surface area contributed by atoms with E-state index in [1.807, 2.05) is 0 Å². The van der Waals surface area contributed by atoms with E-state index < -0.39 is 6.09 Å². The van der Waals surface area contributed by atoms with E-state index in [0.29, 0.717) is 19.6 Å². The molecule has 0 unspecified atom stereocenters. The highest BCUT2D eigenvalue weighted by Gasteiger charge is 1.94. The predicted octanol–water partition coefficient (Wildman–Crippen LogP) is 1.18. The summed E-state index contributed by atoms with van der Waals surface area (Å²) in [5, 5.41) is 13.5. The van der Waals surface area contributed by atoms with Crippen LogP contribution in [0.3, 0.4) is 0 Å². The first-order valence-corrected chi connectivity index (χ1v) is 4.60. The minimum absolute atomic E-state index is 0.258. The zero-order valence-electron chi connectivity index (χ0n) is 8.16. The molecule has 0 aromatic heterocycles. The van der Waals surface area contributed by atoms with E-state index in [4.69, 9.17) is 5.11 Å². The number of hydrogen-bond donors (Lipinski definition) is 3. The average Bonchev–Trinajstić information content (AvgIpc) is 2.20. The van der Waals surface area contributed by atoms with Gasteiger partial charge in [0.2, 0.25) is 0 Å². The van der Waals surface area contributed by atoms with Gasteiger partial charge in [-0.3, -0.25) is 0 Å². The first kappa shape index (κ1) is 11.5. The maximum atomic E-state index is 12.5. The molecule has 0 atom stereocenters. The van der Waals surface area contributed by atoms with Crippen LogP contribution in [-0.4, -0.2) is 24.3 Å². The van der Waals surface area contributed by atoms with Crippen LogP contribution in [0.25, 0.3) is 0 Å². The van der Waals surface area contributed by atoms with Gasteiger partial charge >= 0.3 is 6.09 Å². The Kier molecular flexibility index (Phi) is 4.56. The molecule has 1 aromatic rings. The van der Waals surface area contributed by atoms with Gasteiger partial charge in [-0.1, -0.05) is 12.1 Å². The molecule has 3 N–H and O–H groups in total. The van der Waals surface area contributed by atoms with Crippen molar-refractivity contribution in [2.75, 3.05) is 13.1 Å². The van der Waals surface area contributed by atoms with E-state index in [-0.39, 0.29) is 5.82 Å². The first-order valence-electron chi connectivity index (χ1n) is 4.60. The molecule has 0 heterocycles. The summed E-state index contributed by atoms with van der Waals surface area (Å²) in [6.07, 6.45) is -1.03. The molecule has 0 saturated carbocycles. The number of hydrogen-bond acceptors (Lipinski definition) is 2. The molecule has 0 radical (unpaired) electrons. The zero-order valence-corrected chi connectivity index (χ0v) is 8.16. The first-order chi connectivity index (χ1) is 7.18. The Bertz CT molecular complexity index is 314. The Hall–Kier alpha value is -1.62. The molecule has 0 aliphatic rings. The normalized spacial score (nSPS) is 9.93. The lowest BCUT2D eigenvalue weighted by Crippen LogP contribution is -2.30. The molecule has 0 aliphatic carbocycles. The Morgan fingerprint density at radius 1 is 1.27 bits per heavy atom. The second-order valence-corrected chi connectivity index (χ2v) is 3.04. The number of amides is 1. The van der Waals surface area contributed by atoms with Gasteiger partial charge in [-0.25, -0.2) is 9.18 Å². The van der Waals surface area contributed by atoms with Gasteiger partial charge < -0.3 is 15.7 Å². The van der Waals surface area contributed by atoms with Crippen LogP contribution in [0.4, 0.5) is 9.18 Å². The third-order valence-electron chi connectivity index (χ3n) is 1.82. The summed E-state index contributed by atoms with van der Waals surface area (Å²) in [5.74, 6) is -0.258. The summed E-state index contributed by atoms with van der Waals surface area (Å²) >= 11 is 0. The summed E-state index contributed by atoms with van der Waals surface area (Å²) in [7, 11) is 0. The van der Waals surface area contributed by atoms with Crippen molar-refractivity contribution in [1.82, 2.24) is 10.6 Å². The molecular weight excluding hydrogens is 199 g/mol. The van der Waals surface area contributed by atoms with Crippen molar-refractivity contribution in [2.45, 2.75) is 6.54 Å². The molecule has 1 aromatic carbocycles. The summed E-state index contributed by atoms with van der Waals surface area (Å²) in [6.45, 7) is 1.50. The standard InChI is InChI=1S/C10H13FN2O2/c11-9-3-1-8(2-4-9)7-12-5-6-13-10(14)15/h1-4,12-13H,5-7H2,(H,14,15). The third-order valence-corrected chi connectivity index (χ3v) is 1.82. The summed E-state index contributed by atoms with van der Waals surface area (Å²) in [4.78, 5) is 10.1. The van der Waals surface area contributed by atoms with Crippen molar-refractivity contribution in [2.24, 2.45) is 0 Å². The number of halogens is 1. The van der Waals surface area contributed by atoms with Crippen LogP contribution in [0.2, 0.25) is 0 Å². The van der Waals surface area contributed by atoms with Crippen LogP contribution in [-0.2, 0) is 6.54 Å². The van der Waals surface area contributed by atoms with Gasteiger partial charge in [0.25, 0.3) is 0 Å². The minimum Gasteiger partial charge on any atom is -0.465 e. The SMILES string of the molecule is O=C(O)NCCNCc1ccc(F)cc1. The van der Waals surface area contributed by atoms with Gasteiger partial charge in [0.15, 0.2) is 0 Å². The largest absolute Gasteiger partial charge is 0.465 e. The van der Waals surface area contributed by atoms with Crippen LogP contribution in [0.5, 0.6) is 0 Å². The smallest absolute Gasteiger partial charge is 0.404 e. The van der Waals surface area contributed by atoms with E-state index in [0.717, 1.165) is 5.56 Å².